The summed E-state index contributed by atoms with van der Waals surface area (Å²) in [4.78, 5) is 2.45. The van der Waals surface area contributed by atoms with Crippen LogP contribution in [-0.4, -0.2) is 4.98 Å². The summed E-state index contributed by atoms with van der Waals surface area (Å²) in [5.41, 5.74) is 0.639. The van der Waals surface area contributed by atoms with Gasteiger partial charge in [-0.2, -0.15) is 0 Å². The van der Waals surface area contributed by atoms with E-state index in [1.807, 2.05) is 0 Å². The van der Waals surface area contributed by atoms with Gasteiger partial charge in [-0.05, 0) is 18.6 Å². The largest absolute Gasteiger partial charge is 0.360 e. The highest BCUT2D eigenvalue weighted by atomic mass is 19.3. The molecule has 3 heteroatoms. The quantitative estimate of drug-likeness (QED) is 0.601. The Hall–Kier alpha value is -0.860. The lowest BCUT2D eigenvalue weighted by Gasteiger charge is -1.94. The van der Waals surface area contributed by atoms with Gasteiger partial charge in [0.15, 0.2) is 0 Å². The Kier molecular flexibility index (Phi) is 1.51. The number of aromatic amines is 1. The van der Waals surface area contributed by atoms with E-state index in [9.17, 15) is 8.78 Å². The maximum Gasteiger partial charge on any atom is 0.278 e. The van der Waals surface area contributed by atoms with Gasteiger partial charge in [0.1, 0.15) is 0 Å². The van der Waals surface area contributed by atoms with Crippen molar-refractivity contribution in [2.75, 3.05) is 0 Å². The zero-order valence-corrected chi connectivity index (χ0v) is 4.99. The van der Waals surface area contributed by atoms with Crippen LogP contribution in [0.1, 0.15) is 17.7 Å². The number of halogens is 2. The van der Waals surface area contributed by atoms with E-state index in [1.54, 1.807) is 13.0 Å². The van der Waals surface area contributed by atoms with Crippen LogP contribution in [0.5, 0.6) is 0 Å². The Bertz CT molecular complexity index is 193. The van der Waals surface area contributed by atoms with Gasteiger partial charge in [0.05, 0.1) is 5.69 Å². The number of hydrogen-bond donors (Lipinski definition) is 1. The molecule has 0 aliphatic heterocycles. The van der Waals surface area contributed by atoms with E-state index in [1.165, 1.54) is 6.20 Å². The fourth-order valence-electron chi connectivity index (χ4n) is 0.695. The second kappa shape index (κ2) is 2.17. The van der Waals surface area contributed by atoms with Crippen molar-refractivity contribution in [2.45, 2.75) is 13.3 Å². The molecule has 0 atom stereocenters. The molecule has 0 bridgehead atoms. The fourth-order valence-corrected chi connectivity index (χ4v) is 0.695. The highest BCUT2D eigenvalue weighted by molar-refractivity contribution is 5.18. The maximum atomic E-state index is 11.8. The smallest absolute Gasteiger partial charge is 0.278 e. The van der Waals surface area contributed by atoms with E-state index in [2.05, 4.69) is 4.98 Å². The average Bonchev–Trinajstić information content (AvgIpc) is 2.13. The molecule has 1 heterocycles. The van der Waals surface area contributed by atoms with Crippen molar-refractivity contribution in [3.63, 3.8) is 0 Å². The number of rotatable bonds is 1. The monoisotopic (exact) mass is 131 g/mol. The van der Waals surface area contributed by atoms with Gasteiger partial charge in [-0.1, -0.05) is 0 Å². The molecule has 0 aliphatic carbocycles. The molecule has 1 N–H and O–H groups in total. The second-order valence-electron chi connectivity index (χ2n) is 1.88. The number of nitrogens with one attached hydrogen (secondary N) is 1. The minimum Gasteiger partial charge on any atom is -0.360 e. The predicted octanol–water partition coefficient (Wildman–Crippen LogP) is 2.26. The number of aromatic nitrogens is 1. The Morgan fingerprint density at radius 2 is 2.22 bits per heavy atom. The molecule has 0 aromatic carbocycles. The van der Waals surface area contributed by atoms with Crippen LogP contribution in [0, 0.1) is 6.92 Å². The molecule has 0 aliphatic rings. The summed E-state index contributed by atoms with van der Waals surface area (Å²) in [6.07, 6.45) is -0.864. The predicted molar refractivity (Wildman–Crippen MR) is 30.5 cm³/mol. The molecule has 0 fully saturated rings. The summed E-state index contributed by atoms with van der Waals surface area (Å²) >= 11 is 0. The highest BCUT2D eigenvalue weighted by Crippen LogP contribution is 2.19. The number of H-pyrrole nitrogens is 1. The molecule has 1 aromatic rings. The lowest BCUT2D eigenvalue weighted by molar-refractivity contribution is 0.146. The summed E-state index contributed by atoms with van der Waals surface area (Å²) in [5, 5.41) is 0. The standard InChI is InChI=1S/C6H7F2N/c1-4-2-3-9-5(4)6(7)8/h2-3,6,9H,1H3. The lowest BCUT2D eigenvalue weighted by Crippen LogP contribution is -1.85. The zero-order chi connectivity index (χ0) is 6.85. The van der Waals surface area contributed by atoms with Gasteiger partial charge in [0.2, 0.25) is 0 Å². The third-order valence-corrected chi connectivity index (χ3v) is 1.22. The van der Waals surface area contributed by atoms with Gasteiger partial charge < -0.3 is 4.98 Å². The lowest BCUT2D eigenvalue weighted by atomic mass is 10.3. The first-order chi connectivity index (χ1) is 4.22. The fraction of sp³-hybridized carbons (Fsp3) is 0.333. The Balaban J connectivity index is 2.94. The number of alkyl halides is 2. The van der Waals surface area contributed by atoms with Crippen molar-refractivity contribution in [2.24, 2.45) is 0 Å². The average molecular weight is 131 g/mol. The van der Waals surface area contributed by atoms with E-state index < -0.39 is 6.43 Å². The summed E-state index contributed by atoms with van der Waals surface area (Å²) in [7, 11) is 0. The molecule has 1 nitrogen and oxygen atoms in total. The normalized spacial score (nSPS) is 10.7. The molecule has 0 saturated heterocycles. The van der Waals surface area contributed by atoms with Gasteiger partial charge in [-0.15, -0.1) is 0 Å². The first-order valence-electron chi connectivity index (χ1n) is 2.64. The summed E-state index contributed by atoms with van der Waals surface area (Å²) in [6, 6.07) is 1.63. The van der Waals surface area contributed by atoms with E-state index in [-0.39, 0.29) is 5.69 Å². The Morgan fingerprint density at radius 3 is 2.44 bits per heavy atom. The summed E-state index contributed by atoms with van der Waals surface area (Å²) in [5.74, 6) is 0. The number of aryl methyl sites for hydroxylation is 1. The molecular weight excluding hydrogens is 124 g/mol. The van der Waals surface area contributed by atoms with Crippen LogP contribution in [0.4, 0.5) is 8.78 Å². The molecule has 0 saturated carbocycles. The van der Waals surface area contributed by atoms with Crippen molar-refractivity contribution in [1.82, 2.24) is 4.98 Å². The van der Waals surface area contributed by atoms with Gasteiger partial charge in [-0.3, -0.25) is 0 Å². The molecule has 1 aromatic heterocycles. The van der Waals surface area contributed by atoms with Crippen LogP contribution in [0.25, 0.3) is 0 Å². The topological polar surface area (TPSA) is 15.8 Å². The summed E-state index contributed by atoms with van der Waals surface area (Å²) in [6.45, 7) is 1.65. The number of hydrogen-bond acceptors (Lipinski definition) is 0. The molecule has 0 amide bonds. The zero-order valence-electron chi connectivity index (χ0n) is 4.99. The molecular formula is C6H7F2N. The van der Waals surface area contributed by atoms with Crippen LogP contribution in [0.15, 0.2) is 12.3 Å². The first kappa shape index (κ1) is 6.26. The molecule has 1 rings (SSSR count). The van der Waals surface area contributed by atoms with Crippen molar-refractivity contribution in [1.29, 1.82) is 0 Å². The highest BCUT2D eigenvalue weighted by Gasteiger charge is 2.09. The van der Waals surface area contributed by atoms with E-state index >= 15 is 0 Å². The van der Waals surface area contributed by atoms with Crippen molar-refractivity contribution >= 4 is 0 Å². The van der Waals surface area contributed by atoms with Crippen molar-refractivity contribution < 1.29 is 8.78 Å². The van der Waals surface area contributed by atoms with Crippen molar-refractivity contribution in [3.8, 4) is 0 Å². The van der Waals surface area contributed by atoms with Gasteiger partial charge in [-0.25, -0.2) is 8.78 Å². The third-order valence-electron chi connectivity index (χ3n) is 1.22. The molecule has 9 heavy (non-hydrogen) atoms. The SMILES string of the molecule is Cc1cc[nH]c1C(F)F. The van der Waals surface area contributed by atoms with Gasteiger partial charge >= 0.3 is 0 Å². The molecule has 0 unspecified atom stereocenters. The Labute approximate surface area is 51.7 Å². The minimum absolute atomic E-state index is 0.0231. The van der Waals surface area contributed by atoms with Gasteiger partial charge in [0.25, 0.3) is 6.43 Å². The third kappa shape index (κ3) is 1.09. The van der Waals surface area contributed by atoms with E-state index in [0.29, 0.717) is 5.56 Å². The summed E-state index contributed by atoms with van der Waals surface area (Å²) < 4.78 is 23.7. The van der Waals surface area contributed by atoms with Gasteiger partial charge in [0, 0.05) is 6.20 Å². The van der Waals surface area contributed by atoms with Crippen LogP contribution in [0.2, 0.25) is 0 Å². The van der Waals surface area contributed by atoms with Crippen LogP contribution in [0.3, 0.4) is 0 Å². The molecule has 0 spiro atoms. The maximum absolute atomic E-state index is 11.8. The van der Waals surface area contributed by atoms with Crippen LogP contribution >= 0.6 is 0 Å². The molecule has 50 valence electrons. The Morgan fingerprint density at radius 1 is 1.56 bits per heavy atom. The van der Waals surface area contributed by atoms with E-state index in [0.717, 1.165) is 0 Å². The van der Waals surface area contributed by atoms with Crippen molar-refractivity contribution in [3.05, 3.63) is 23.5 Å². The second-order valence-corrected chi connectivity index (χ2v) is 1.88. The molecule has 0 radical (unpaired) electrons. The minimum atomic E-state index is -2.38. The van der Waals surface area contributed by atoms with Crippen LogP contribution < -0.4 is 0 Å². The van der Waals surface area contributed by atoms with Crippen LogP contribution in [-0.2, 0) is 0 Å². The first-order valence-corrected chi connectivity index (χ1v) is 2.64. The van der Waals surface area contributed by atoms with E-state index in [4.69, 9.17) is 0 Å².